The summed E-state index contributed by atoms with van der Waals surface area (Å²) in [5.41, 5.74) is 7.15. The molecule has 0 amide bonds. The average molecular weight is 271 g/mol. The standard InChI is InChI=1S/C19H29N/c1-18(2,3)15-9-13-7-8-19(4,5)16-12-20(6)11-14(10-15)17(13)16/h9-10,16H,7-8,11-12H2,1-6H3/t16-/m1/s1. The van der Waals surface area contributed by atoms with Crippen molar-refractivity contribution < 1.29 is 0 Å². The number of rotatable bonds is 0. The molecule has 0 N–H and O–H groups in total. The summed E-state index contributed by atoms with van der Waals surface area (Å²) in [6, 6.07) is 5.00. The number of likely N-dealkylation sites (N-methyl/N-ethyl adjacent to an activating group) is 1. The zero-order chi connectivity index (χ0) is 14.7. The molecule has 0 spiro atoms. The second-order valence-electron chi connectivity index (χ2n) is 8.70. The zero-order valence-corrected chi connectivity index (χ0v) is 14.0. The molecule has 0 bridgehead atoms. The Labute approximate surface area is 124 Å². The molecule has 1 atom stereocenters. The molecule has 1 aromatic carbocycles. The molecule has 0 unspecified atom stereocenters. The van der Waals surface area contributed by atoms with Crippen LogP contribution in [0.1, 0.15) is 69.2 Å². The maximum absolute atomic E-state index is 2.51. The van der Waals surface area contributed by atoms with Gasteiger partial charge in [0.25, 0.3) is 0 Å². The van der Waals surface area contributed by atoms with E-state index in [1.54, 1.807) is 16.7 Å². The molecular formula is C19H29N. The smallest absolute Gasteiger partial charge is 0.0233 e. The van der Waals surface area contributed by atoms with Crippen LogP contribution in [-0.2, 0) is 18.4 Å². The molecule has 0 saturated carbocycles. The van der Waals surface area contributed by atoms with Gasteiger partial charge in [-0.25, -0.2) is 0 Å². The third-order valence-corrected chi connectivity index (χ3v) is 5.48. The summed E-state index contributed by atoms with van der Waals surface area (Å²) in [6.07, 6.45) is 2.59. The highest BCUT2D eigenvalue weighted by Crippen LogP contribution is 2.49. The molecule has 2 aliphatic rings. The van der Waals surface area contributed by atoms with Gasteiger partial charge in [-0.1, -0.05) is 46.8 Å². The van der Waals surface area contributed by atoms with Gasteiger partial charge in [-0.05, 0) is 53.0 Å². The van der Waals surface area contributed by atoms with Crippen molar-refractivity contribution in [3.8, 4) is 0 Å². The summed E-state index contributed by atoms with van der Waals surface area (Å²) in [5, 5.41) is 0. The SMILES string of the molecule is CN1Cc2cc(C(C)(C)C)cc3c2[C@@H](C1)C(C)(C)CC3. The predicted octanol–water partition coefficient (Wildman–Crippen LogP) is 4.49. The molecule has 1 heterocycles. The Bertz CT molecular complexity index is 533. The van der Waals surface area contributed by atoms with E-state index in [0.29, 0.717) is 11.3 Å². The lowest BCUT2D eigenvalue weighted by Gasteiger charge is -2.46. The van der Waals surface area contributed by atoms with E-state index >= 15 is 0 Å². The van der Waals surface area contributed by atoms with Crippen LogP contribution in [0.5, 0.6) is 0 Å². The quantitative estimate of drug-likeness (QED) is 0.672. The molecule has 3 rings (SSSR count). The van der Waals surface area contributed by atoms with Crippen LogP contribution in [0.4, 0.5) is 0 Å². The van der Waals surface area contributed by atoms with Crippen LogP contribution in [0.3, 0.4) is 0 Å². The fourth-order valence-corrected chi connectivity index (χ4v) is 4.02. The lowest BCUT2D eigenvalue weighted by atomic mass is 9.63. The van der Waals surface area contributed by atoms with Gasteiger partial charge in [0.1, 0.15) is 0 Å². The number of aryl methyl sites for hydroxylation is 1. The van der Waals surface area contributed by atoms with Crippen molar-refractivity contribution in [1.29, 1.82) is 0 Å². The Balaban J connectivity index is 2.18. The second-order valence-corrected chi connectivity index (χ2v) is 8.70. The molecule has 0 fully saturated rings. The van der Waals surface area contributed by atoms with E-state index in [-0.39, 0.29) is 5.41 Å². The molecule has 1 aromatic rings. The van der Waals surface area contributed by atoms with Crippen molar-refractivity contribution in [1.82, 2.24) is 4.90 Å². The van der Waals surface area contributed by atoms with Crippen molar-refractivity contribution in [2.24, 2.45) is 5.41 Å². The van der Waals surface area contributed by atoms with E-state index < -0.39 is 0 Å². The third kappa shape index (κ3) is 2.20. The molecule has 0 radical (unpaired) electrons. The Morgan fingerprint density at radius 2 is 1.80 bits per heavy atom. The van der Waals surface area contributed by atoms with Crippen molar-refractivity contribution in [2.75, 3.05) is 13.6 Å². The van der Waals surface area contributed by atoms with E-state index in [9.17, 15) is 0 Å². The van der Waals surface area contributed by atoms with Crippen molar-refractivity contribution in [3.63, 3.8) is 0 Å². The van der Waals surface area contributed by atoms with Crippen LogP contribution < -0.4 is 0 Å². The summed E-state index contributed by atoms with van der Waals surface area (Å²) < 4.78 is 0. The summed E-state index contributed by atoms with van der Waals surface area (Å²) in [5.74, 6) is 0.717. The van der Waals surface area contributed by atoms with Crippen LogP contribution in [-0.4, -0.2) is 18.5 Å². The molecule has 1 aliphatic heterocycles. The van der Waals surface area contributed by atoms with Gasteiger partial charge in [0.2, 0.25) is 0 Å². The highest BCUT2D eigenvalue weighted by molar-refractivity contribution is 5.47. The minimum Gasteiger partial charge on any atom is -0.301 e. The van der Waals surface area contributed by atoms with E-state index in [4.69, 9.17) is 0 Å². The normalized spacial score (nSPS) is 25.4. The fraction of sp³-hybridized carbons (Fsp3) is 0.684. The summed E-state index contributed by atoms with van der Waals surface area (Å²) in [4.78, 5) is 2.51. The lowest BCUT2D eigenvalue weighted by molar-refractivity contribution is 0.163. The lowest BCUT2D eigenvalue weighted by Crippen LogP contribution is -2.41. The van der Waals surface area contributed by atoms with Crippen LogP contribution in [0.25, 0.3) is 0 Å². The number of hydrogen-bond donors (Lipinski definition) is 0. The molecule has 0 aromatic heterocycles. The maximum atomic E-state index is 2.51. The average Bonchev–Trinajstić information content (AvgIpc) is 2.32. The zero-order valence-electron chi connectivity index (χ0n) is 14.0. The first-order chi connectivity index (χ1) is 9.18. The van der Waals surface area contributed by atoms with Crippen molar-refractivity contribution >= 4 is 0 Å². The molecule has 0 saturated heterocycles. The molecule has 110 valence electrons. The van der Waals surface area contributed by atoms with Crippen LogP contribution in [0.2, 0.25) is 0 Å². The first kappa shape index (κ1) is 14.1. The van der Waals surface area contributed by atoms with Gasteiger partial charge in [-0.3, -0.25) is 0 Å². The minimum atomic E-state index is 0.254. The van der Waals surface area contributed by atoms with Crippen molar-refractivity contribution in [3.05, 3.63) is 34.4 Å². The monoisotopic (exact) mass is 271 g/mol. The second kappa shape index (κ2) is 4.34. The minimum absolute atomic E-state index is 0.254. The highest BCUT2D eigenvalue weighted by Gasteiger charge is 2.40. The van der Waals surface area contributed by atoms with Gasteiger partial charge in [-0.15, -0.1) is 0 Å². The molecule has 1 aliphatic carbocycles. The Morgan fingerprint density at radius 3 is 2.45 bits per heavy atom. The van der Waals surface area contributed by atoms with Crippen LogP contribution >= 0.6 is 0 Å². The van der Waals surface area contributed by atoms with E-state index in [2.05, 4.69) is 58.7 Å². The van der Waals surface area contributed by atoms with E-state index in [1.807, 2.05) is 0 Å². The summed E-state index contributed by atoms with van der Waals surface area (Å²) >= 11 is 0. The molecule has 1 nitrogen and oxygen atoms in total. The summed E-state index contributed by atoms with van der Waals surface area (Å²) in [6.45, 7) is 14.3. The van der Waals surface area contributed by atoms with E-state index in [0.717, 1.165) is 6.54 Å². The number of benzene rings is 1. The number of hydrogen-bond acceptors (Lipinski definition) is 1. The fourth-order valence-electron chi connectivity index (χ4n) is 4.02. The van der Waals surface area contributed by atoms with Gasteiger partial charge >= 0.3 is 0 Å². The third-order valence-electron chi connectivity index (χ3n) is 5.48. The van der Waals surface area contributed by atoms with Crippen molar-refractivity contribution in [2.45, 2.75) is 65.3 Å². The van der Waals surface area contributed by atoms with Gasteiger partial charge in [0.05, 0.1) is 0 Å². The predicted molar refractivity (Wildman–Crippen MR) is 86.3 cm³/mol. The Morgan fingerprint density at radius 1 is 1.15 bits per heavy atom. The largest absolute Gasteiger partial charge is 0.301 e. The van der Waals surface area contributed by atoms with Gasteiger partial charge in [0.15, 0.2) is 0 Å². The maximum Gasteiger partial charge on any atom is 0.0233 e. The van der Waals surface area contributed by atoms with Crippen LogP contribution in [0, 0.1) is 5.41 Å². The van der Waals surface area contributed by atoms with Crippen LogP contribution in [0.15, 0.2) is 12.1 Å². The number of nitrogens with zero attached hydrogens (tertiary/aromatic N) is 1. The first-order valence-electron chi connectivity index (χ1n) is 8.03. The van der Waals surface area contributed by atoms with Gasteiger partial charge < -0.3 is 4.90 Å². The van der Waals surface area contributed by atoms with Gasteiger partial charge in [-0.2, -0.15) is 0 Å². The van der Waals surface area contributed by atoms with E-state index in [1.165, 1.54) is 24.9 Å². The molecule has 20 heavy (non-hydrogen) atoms. The van der Waals surface area contributed by atoms with Gasteiger partial charge in [0, 0.05) is 19.0 Å². The highest BCUT2D eigenvalue weighted by atomic mass is 15.1. The topological polar surface area (TPSA) is 3.24 Å². The summed E-state index contributed by atoms with van der Waals surface area (Å²) in [7, 11) is 2.27. The Kier molecular flexibility index (Phi) is 3.06. The first-order valence-corrected chi connectivity index (χ1v) is 8.03. The molecular weight excluding hydrogens is 242 g/mol. The molecule has 1 heteroatoms. The Hall–Kier alpha value is -0.820.